The minimum Gasteiger partial charge on any atom is -0.402 e. The van der Waals surface area contributed by atoms with Crippen LogP contribution in [0.4, 0.5) is 0 Å². The average molecular weight is 653 g/mol. The van der Waals surface area contributed by atoms with E-state index in [1.165, 1.54) is 24.3 Å². The first-order chi connectivity index (χ1) is 20.7. The predicted octanol–water partition coefficient (Wildman–Crippen LogP) is 5.75. The summed E-state index contributed by atoms with van der Waals surface area (Å²) < 4.78 is 70.5. The summed E-state index contributed by atoms with van der Waals surface area (Å²) in [5, 5.41) is 1.59. The molecule has 0 aliphatic carbocycles. The van der Waals surface area contributed by atoms with Crippen molar-refractivity contribution in [2.75, 3.05) is 13.2 Å². The van der Waals surface area contributed by atoms with Crippen LogP contribution in [0, 0.1) is 13.8 Å². The van der Waals surface area contributed by atoms with Gasteiger partial charge in [-0.05, 0) is 59.9 Å². The second-order valence-electron chi connectivity index (χ2n) is 11.8. The van der Waals surface area contributed by atoms with Crippen molar-refractivity contribution in [2.45, 2.75) is 62.0 Å². The Hall–Kier alpha value is -3.12. The Morgan fingerprint density at radius 2 is 1.02 bits per heavy atom. The van der Waals surface area contributed by atoms with Crippen LogP contribution in [0.2, 0.25) is 5.04 Å². The second kappa shape index (κ2) is 13.9. The van der Waals surface area contributed by atoms with Gasteiger partial charge in [-0.1, -0.05) is 117 Å². The summed E-state index contributed by atoms with van der Waals surface area (Å²) in [5.41, 5.74) is 1.85. The first kappa shape index (κ1) is 33.8. The van der Waals surface area contributed by atoms with Crippen molar-refractivity contribution in [2.24, 2.45) is 0 Å². The smallest absolute Gasteiger partial charge is 0.297 e. The lowest BCUT2D eigenvalue weighted by atomic mass is 10.2. The molecule has 0 spiro atoms. The highest BCUT2D eigenvalue weighted by Crippen LogP contribution is 2.38. The van der Waals surface area contributed by atoms with Gasteiger partial charge in [0.15, 0.2) is 0 Å². The van der Waals surface area contributed by atoms with Crippen LogP contribution in [0.5, 0.6) is 0 Å². The van der Waals surface area contributed by atoms with Gasteiger partial charge in [-0.2, -0.15) is 16.8 Å². The van der Waals surface area contributed by atoms with Crippen molar-refractivity contribution >= 4 is 38.9 Å². The maximum absolute atomic E-state index is 13.2. The molecular formula is C34H40O7S2Si. The molecule has 234 valence electrons. The quantitative estimate of drug-likeness (QED) is 0.134. The van der Waals surface area contributed by atoms with Crippen LogP contribution in [-0.2, 0) is 33.0 Å². The fourth-order valence-electron chi connectivity index (χ4n) is 5.12. The number of aryl methyl sites for hydroxylation is 2. The largest absolute Gasteiger partial charge is 0.402 e. The van der Waals surface area contributed by atoms with E-state index in [1.54, 1.807) is 24.3 Å². The van der Waals surface area contributed by atoms with E-state index in [0.29, 0.717) is 0 Å². The molecule has 1 atom stereocenters. The standard InChI is InChI=1S/C34H40O7S2Si/c1-27-16-20-30(21-17-27)42(35,36)39-25-24-29(26-40-43(37,38)31-22-18-28(2)19-23-31)41-44(34(3,4)5,32-12-8-6-9-13-32)33-14-10-7-11-15-33/h6-23,29H,24-26H2,1-5H3/t29-/m0/s1. The Bertz CT molecular complexity index is 1680. The summed E-state index contributed by atoms with van der Waals surface area (Å²) in [6.45, 7) is 9.52. The third-order valence-corrected chi connectivity index (χ3v) is 15.2. The van der Waals surface area contributed by atoms with Gasteiger partial charge in [-0.25, -0.2) is 0 Å². The van der Waals surface area contributed by atoms with Crippen LogP contribution < -0.4 is 10.4 Å². The van der Waals surface area contributed by atoms with Crippen molar-refractivity contribution in [3.63, 3.8) is 0 Å². The Balaban J connectivity index is 1.70. The predicted molar refractivity (Wildman–Crippen MR) is 176 cm³/mol. The zero-order chi connectivity index (χ0) is 32.0. The minimum atomic E-state index is -4.12. The van der Waals surface area contributed by atoms with E-state index >= 15 is 0 Å². The van der Waals surface area contributed by atoms with Gasteiger partial charge < -0.3 is 4.43 Å². The van der Waals surface area contributed by atoms with Crippen LogP contribution in [0.15, 0.2) is 119 Å². The summed E-state index contributed by atoms with van der Waals surface area (Å²) in [4.78, 5) is 0.0799. The van der Waals surface area contributed by atoms with Crippen molar-refractivity contribution in [1.82, 2.24) is 0 Å². The highest BCUT2D eigenvalue weighted by atomic mass is 32.2. The van der Waals surface area contributed by atoms with Gasteiger partial charge in [0, 0.05) is 0 Å². The fraction of sp³-hybridized carbons (Fsp3) is 0.294. The van der Waals surface area contributed by atoms with Crippen LogP contribution in [0.1, 0.15) is 38.3 Å². The topological polar surface area (TPSA) is 96.0 Å². The summed E-state index contributed by atoms with van der Waals surface area (Å²) in [6.07, 6.45) is -0.756. The molecule has 0 radical (unpaired) electrons. The molecule has 0 heterocycles. The molecule has 0 unspecified atom stereocenters. The summed E-state index contributed by atoms with van der Waals surface area (Å²) in [7, 11) is -11.3. The minimum absolute atomic E-state index is 0.0329. The zero-order valence-electron chi connectivity index (χ0n) is 25.8. The molecule has 44 heavy (non-hydrogen) atoms. The van der Waals surface area contributed by atoms with E-state index < -0.39 is 39.7 Å². The van der Waals surface area contributed by atoms with Gasteiger partial charge >= 0.3 is 0 Å². The molecule has 0 saturated carbocycles. The molecular weight excluding hydrogens is 613 g/mol. The lowest BCUT2D eigenvalue weighted by Crippen LogP contribution is -2.68. The first-order valence-corrected chi connectivity index (χ1v) is 19.2. The Kier molecular flexibility index (Phi) is 10.7. The fourth-order valence-corrected chi connectivity index (χ4v) is 11.7. The van der Waals surface area contributed by atoms with Gasteiger partial charge in [0.2, 0.25) is 0 Å². The molecule has 0 amide bonds. The molecule has 0 bridgehead atoms. The average Bonchev–Trinajstić information content (AvgIpc) is 2.99. The molecule has 0 aliphatic rings. The lowest BCUT2D eigenvalue weighted by molar-refractivity contribution is 0.100. The normalized spacial score (nSPS) is 13.5. The van der Waals surface area contributed by atoms with Gasteiger partial charge in [-0.3, -0.25) is 8.37 Å². The van der Waals surface area contributed by atoms with E-state index in [0.717, 1.165) is 21.5 Å². The molecule has 0 saturated heterocycles. The van der Waals surface area contributed by atoms with Gasteiger partial charge in [0.1, 0.15) is 0 Å². The van der Waals surface area contributed by atoms with Gasteiger partial charge in [-0.15, -0.1) is 0 Å². The molecule has 10 heteroatoms. The van der Waals surface area contributed by atoms with Gasteiger partial charge in [0.25, 0.3) is 28.6 Å². The number of benzene rings is 4. The Morgan fingerprint density at radius 3 is 1.43 bits per heavy atom. The zero-order valence-corrected chi connectivity index (χ0v) is 28.4. The Morgan fingerprint density at radius 1 is 0.614 bits per heavy atom. The SMILES string of the molecule is Cc1ccc(S(=O)(=O)OCC[C@@H](COS(=O)(=O)c2ccc(C)cc2)O[Si](c2ccccc2)(c2ccccc2)C(C)(C)C)cc1. The van der Waals surface area contributed by atoms with E-state index in [-0.39, 0.29) is 29.4 Å². The second-order valence-corrected chi connectivity index (χ2v) is 19.3. The summed E-state index contributed by atoms with van der Waals surface area (Å²) >= 11 is 0. The maximum Gasteiger partial charge on any atom is 0.297 e. The van der Waals surface area contributed by atoms with Crippen molar-refractivity contribution in [3.05, 3.63) is 120 Å². The highest BCUT2D eigenvalue weighted by Gasteiger charge is 2.51. The van der Waals surface area contributed by atoms with Gasteiger partial charge in [0.05, 0.1) is 29.1 Å². The molecule has 0 N–H and O–H groups in total. The lowest BCUT2D eigenvalue weighted by Gasteiger charge is -2.45. The maximum atomic E-state index is 13.2. The number of hydrogen-bond donors (Lipinski definition) is 0. The first-order valence-electron chi connectivity index (χ1n) is 14.5. The third kappa shape index (κ3) is 7.93. The van der Waals surface area contributed by atoms with Crippen LogP contribution in [0.25, 0.3) is 0 Å². The molecule has 4 aromatic carbocycles. The van der Waals surface area contributed by atoms with Crippen LogP contribution >= 0.6 is 0 Å². The molecule has 4 aromatic rings. The van der Waals surface area contributed by atoms with Crippen molar-refractivity contribution < 1.29 is 29.6 Å². The Labute approximate surface area is 263 Å². The van der Waals surface area contributed by atoms with Crippen LogP contribution in [-0.4, -0.2) is 44.5 Å². The van der Waals surface area contributed by atoms with Crippen molar-refractivity contribution in [3.8, 4) is 0 Å². The monoisotopic (exact) mass is 652 g/mol. The molecule has 0 fully saturated rings. The highest BCUT2D eigenvalue weighted by molar-refractivity contribution is 7.87. The summed E-state index contributed by atoms with van der Waals surface area (Å²) in [5.74, 6) is 0. The third-order valence-electron chi connectivity index (χ3n) is 7.47. The number of hydrogen-bond acceptors (Lipinski definition) is 7. The van der Waals surface area contributed by atoms with E-state index in [9.17, 15) is 16.8 Å². The van der Waals surface area contributed by atoms with Crippen molar-refractivity contribution in [1.29, 1.82) is 0 Å². The molecule has 0 aromatic heterocycles. The van der Waals surface area contributed by atoms with Crippen LogP contribution in [0.3, 0.4) is 0 Å². The van der Waals surface area contributed by atoms with E-state index in [2.05, 4.69) is 20.8 Å². The molecule has 0 aliphatic heterocycles. The number of rotatable bonds is 13. The van der Waals surface area contributed by atoms with E-state index in [1.807, 2.05) is 74.5 Å². The molecule has 7 nitrogen and oxygen atoms in total. The summed E-state index contributed by atoms with van der Waals surface area (Å²) in [6, 6.07) is 32.6. The van der Waals surface area contributed by atoms with E-state index in [4.69, 9.17) is 12.8 Å². The molecule has 4 rings (SSSR count).